The van der Waals surface area contributed by atoms with E-state index in [0.717, 1.165) is 89.9 Å². The molecule has 0 heterocycles. The lowest BCUT2D eigenvalue weighted by molar-refractivity contribution is -0.144. The highest BCUT2D eigenvalue weighted by atomic mass is 16.4. The van der Waals surface area contributed by atoms with E-state index < -0.39 is 11.9 Å². The molecule has 0 radical (unpaired) electrons. The maximum atomic E-state index is 11.3. The molecule has 2 saturated carbocycles. The van der Waals surface area contributed by atoms with Gasteiger partial charge in [0.1, 0.15) is 0 Å². The van der Waals surface area contributed by atoms with E-state index in [4.69, 9.17) is 0 Å². The largest absolute Gasteiger partial charge is 0.481 e. The number of aliphatic carboxylic acids is 2. The first-order chi connectivity index (χ1) is 14.8. The van der Waals surface area contributed by atoms with Gasteiger partial charge in [0.25, 0.3) is 0 Å². The van der Waals surface area contributed by atoms with E-state index in [2.05, 4.69) is 26.0 Å². The Kier molecular flexibility index (Phi) is 7.82. The third-order valence-corrected chi connectivity index (χ3v) is 7.88. The van der Waals surface area contributed by atoms with Crippen molar-refractivity contribution in [2.45, 2.75) is 110 Å². The summed E-state index contributed by atoms with van der Waals surface area (Å²) in [7, 11) is 0. The molecule has 0 amide bonds. The molecule has 172 valence electrons. The minimum Gasteiger partial charge on any atom is -0.481 e. The van der Waals surface area contributed by atoms with Crippen LogP contribution in [-0.2, 0) is 22.4 Å². The summed E-state index contributed by atoms with van der Waals surface area (Å²) in [5.41, 5.74) is 4.89. The van der Waals surface area contributed by atoms with Gasteiger partial charge in [-0.1, -0.05) is 44.2 Å². The molecule has 0 aliphatic heterocycles. The van der Waals surface area contributed by atoms with Crippen LogP contribution in [0, 0.1) is 24.7 Å². The first kappa shape index (κ1) is 23.8. The van der Waals surface area contributed by atoms with E-state index in [1.807, 2.05) is 0 Å². The summed E-state index contributed by atoms with van der Waals surface area (Å²) >= 11 is 0. The van der Waals surface area contributed by atoms with Gasteiger partial charge in [0.15, 0.2) is 0 Å². The molecule has 2 fully saturated rings. The molecule has 0 spiro atoms. The van der Waals surface area contributed by atoms with Crippen molar-refractivity contribution in [3.63, 3.8) is 0 Å². The fourth-order valence-electron chi connectivity index (χ4n) is 4.93. The standard InChI is InChI=1S/C27H40O4/c1-20-18-22(10-6-3-4-8-12-26(14-15-26)24(28)29)23(19-21(20)2)11-7-5-9-13-27(16-17-27)25(30)31/h18-19H,3-17H2,1-2H3,(H,28,29)(H,30,31). The predicted molar refractivity (Wildman–Crippen MR) is 123 cm³/mol. The zero-order chi connectivity index (χ0) is 22.5. The van der Waals surface area contributed by atoms with Crippen LogP contribution in [0.5, 0.6) is 0 Å². The minimum absolute atomic E-state index is 0.370. The number of hydrogen-bond acceptors (Lipinski definition) is 2. The van der Waals surface area contributed by atoms with E-state index in [-0.39, 0.29) is 10.8 Å². The van der Waals surface area contributed by atoms with Crippen LogP contribution in [0.3, 0.4) is 0 Å². The SMILES string of the molecule is Cc1cc(CCCCCCC2(C(=O)O)CC2)c(CCCCCC2(C(=O)O)CC2)cc1C. The number of hydrogen-bond donors (Lipinski definition) is 2. The Morgan fingerprint density at radius 3 is 1.39 bits per heavy atom. The van der Waals surface area contributed by atoms with Crippen LogP contribution >= 0.6 is 0 Å². The number of unbranched alkanes of at least 4 members (excludes halogenated alkanes) is 5. The monoisotopic (exact) mass is 428 g/mol. The predicted octanol–water partition coefficient (Wildman–Crippen LogP) is 6.63. The smallest absolute Gasteiger partial charge is 0.309 e. The third kappa shape index (κ3) is 6.33. The molecule has 1 aromatic rings. The zero-order valence-corrected chi connectivity index (χ0v) is 19.5. The summed E-state index contributed by atoms with van der Waals surface area (Å²) in [6.45, 7) is 4.37. The summed E-state index contributed by atoms with van der Waals surface area (Å²) in [4.78, 5) is 22.6. The minimum atomic E-state index is -0.598. The Bertz CT molecular complexity index is 787. The van der Waals surface area contributed by atoms with Gasteiger partial charge >= 0.3 is 11.9 Å². The van der Waals surface area contributed by atoms with Gasteiger partial charge in [-0.05, 0) is 100 Å². The van der Waals surface area contributed by atoms with Crippen molar-refractivity contribution in [2.75, 3.05) is 0 Å². The number of carboxylic acid groups (broad SMARTS) is 2. The maximum absolute atomic E-state index is 11.3. The number of carbonyl (C=O) groups is 2. The van der Waals surface area contributed by atoms with E-state index in [1.165, 1.54) is 28.7 Å². The van der Waals surface area contributed by atoms with Crippen molar-refractivity contribution in [1.29, 1.82) is 0 Å². The van der Waals surface area contributed by atoms with Crippen molar-refractivity contribution < 1.29 is 19.8 Å². The van der Waals surface area contributed by atoms with Gasteiger partial charge in [0.2, 0.25) is 0 Å². The number of aryl methyl sites for hydroxylation is 4. The topological polar surface area (TPSA) is 74.6 Å². The first-order valence-corrected chi connectivity index (χ1v) is 12.3. The zero-order valence-electron chi connectivity index (χ0n) is 19.5. The average Bonchev–Trinajstić information content (AvgIpc) is 3.63. The second kappa shape index (κ2) is 10.2. The van der Waals surface area contributed by atoms with Gasteiger partial charge in [0, 0.05) is 0 Å². The fourth-order valence-corrected chi connectivity index (χ4v) is 4.93. The van der Waals surface area contributed by atoms with E-state index >= 15 is 0 Å². The van der Waals surface area contributed by atoms with Crippen LogP contribution in [0.25, 0.3) is 0 Å². The maximum Gasteiger partial charge on any atom is 0.309 e. The number of carboxylic acids is 2. The third-order valence-electron chi connectivity index (χ3n) is 7.88. The molecule has 4 nitrogen and oxygen atoms in total. The Labute approximate surface area is 187 Å². The van der Waals surface area contributed by atoms with Gasteiger partial charge in [0.05, 0.1) is 10.8 Å². The van der Waals surface area contributed by atoms with E-state index in [1.54, 1.807) is 0 Å². The summed E-state index contributed by atoms with van der Waals surface area (Å²) in [5, 5.41) is 18.6. The highest BCUT2D eigenvalue weighted by molar-refractivity contribution is 5.78. The molecule has 2 N–H and O–H groups in total. The second-order valence-electron chi connectivity index (χ2n) is 10.4. The lowest BCUT2D eigenvalue weighted by atomic mass is 9.91. The highest BCUT2D eigenvalue weighted by Crippen LogP contribution is 2.50. The van der Waals surface area contributed by atoms with Crippen LogP contribution in [0.2, 0.25) is 0 Å². The van der Waals surface area contributed by atoms with Crippen LogP contribution in [0.15, 0.2) is 12.1 Å². The Morgan fingerprint density at radius 2 is 1.03 bits per heavy atom. The molecule has 0 aromatic heterocycles. The van der Waals surface area contributed by atoms with Crippen molar-refractivity contribution in [3.8, 4) is 0 Å². The summed E-state index contributed by atoms with van der Waals surface area (Å²) < 4.78 is 0. The highest BCUT2D eigenvalue weighted by Gasteiger charge is 2.49. The van der Waals surface area contributed by atoms with Gasteiger partial charge < -0.3 is 10.2 Å². The van der Waals surface area contributed by atoms with Crippen molar-refractivity contribution in [2.24, 2.45) is 10.8 Å². The number of benzene rings is 1. The quantitative estimate of drug-likeness (QED) is 0.307. The molecule has 3 rings (SSSR count). The van der Waals surface area contributed by atoms with E-state index in [9.17, 15) is 19.8 Å². The van der Waals surface area contributed by atoms with Crippen LogP contribution in [0.4, 0.5) is 0 Å². The van der Waals surface area contributed by atoms with Crippen molar-refractivity contribution >= 4 is 11.9 Å². The Balaban J connectivity index is 1.38. The normalized spacial score (nSPS) is 18.0. The van der Waals surface area contributed by atoms with Gasteiger partial charge in [-0.3, -0.25) is 9.59 Å². The van der Waals surface area contributed by atoms with Crippen LogP contribution in [0.1, 0.15) is 106 Å². The molecular weight excluding hydrogens is 388 g/mol. The van der Waals surface area contributed by atoms with Crippen LogP contribution < -0.4 is 0 Å². The fraction of sp³-hybridized carbons (Fsp3) is 0.704. The molecule has 4 heteroatoms. The lowest BCUT2D eigenvalue weighted by Gasteiger charge is -2.14. The molecule has 1 aromatic carbocycles. The van der Waals surface area contributed by atoms with Crippen molar-refractivity contribution in [3.05, 3.63) is 34.4 Å². The molecule has 2 aliphatic carbocycles. The molecule has 31 heavy (non-hydrogen) atoms. The second-order valence-corrected chi connectivity index (χ2v) is 10.4. The van der Waals surface area contributed by atoms with Gasteiger partial charge in [-0.2, -0.15) is 0 Å². The lowest BCUT2D eigenvalue weighted by Crippen LogP contribution is -2.14. The molecule has 0 atom stereocenters. The van der Waals surface area contributed by atoms with E-state index in [0.29, 0.717) is 0 Å². The molecule has 0 saturated heterocycles. The summed E-state index contributed by atoms with van der Waals surface area (Å²) in [5.74, 6) is -1.19. The molecule has 2 aliphatic rings. The average molecular weight is 429 g/mol. The Morgan fingerprint density at radius 1 is 0.677 bits per heavy atom. The first-order valence-electron chi connectivity index (χ1n) is 12.3. The van der Waals surface area contributed by atoms with Gasteiger partial charge in [-0.15, -0.1) is 0 Å². The number of rotatable bonds is 15. The van der Waals surface area contributed by atoms with Gasteiger partial charge in [-0.25, -0.2) is 0 Å². The Hall–Kier alpha value is -1.84. The molecular formula is C27H40O4. The molecule has 0 bridgehead atoms. The molecule has 0 unspecified atom stereocenters. The summed E-state index contributed by atoms with van der Waals surface area (Å²) in [6, 6.07) is 4.71. The summed E-state index contributed by atoms with van der Waals surface area (Å²) in [6.07, 6.45) is 15.1. The van der Waals surface area contributed by atoms with Crippen molar-refractivity contribution in [1.82, 2.24) is 0 Å². The van der Waals surface area contributed by atoms with Crippen LogP contribution in [-0.4, -0.2) is 22.2 Å².